The van der Waals surface area contributed by atoms with Crippen LogP contribution in [0, 0.1) is 11.3 Å². The lowest BCUT2D eigenvalue weighted by Gasteiger charge is -2.47. The molecule has 3 aromatic rings. The fraction of sp³-hybridized carbons (Fsp3) is 0.364. The zero-order valence-corrected chi connectivity index (χ0v) is 19.4. The second kappa shape index (κ2) is 8.84. The Morgan fingerprint density at radius 1 is 1.35 bits per heavy atom. The van der Waals surface area contributed by atoms with E-state index in [9.17, 15) is 23.4 Å². The van der Waals surface area contributed by atoms with Gasteiger partial charge in [-0.25, -0.2) is 8.91 Å². The van der Waals surface area contributed by atoms with Gasteiger partial charge in [-0.2, -0.15) is 21.0 Å². The number of halogens is 1. The van der Waals surface area contributed by atoms with E-state index in [1.54, 1.807) is 28.8 Å². The molecule has 3 aromatic heterocycles. The fourth-order valence-electron chi connectivity index (χ4n) is 3.58. The van der Waals surface area contributed by atoms with E-state index in [2.05, 4.69) is 20.7 Å². The Hall–Kier alpha value is -3.24. The van der Waals surface area contributed by atoms with Gasteiger partial charge in [-0.3, -0.25) is 18.9 Å². The maximum atomic E-state index is 14.1. The van der Waals surface area contributed by atoms with Gasteiger partial charge in [0.15, 0.2) is 0 Å². The summed E-state index contributed by atoms with van der Waals surface area (Å²) < 4.78 is 35.2. The zero-order valence-electron chi connectivity index (χ0n) is 18.6. The van der Waals surface area contributed by atoms with Gasteiger partial charge < -0.3 is 15.7 Å². The van der Waals surface area contributed by atoms with E-state index in [1.807, 2.05) is 6.07 Å². The van der Waals surface area contributed by atoms with Crippen LogP contribution in [0.3, 0.4) is 0 Å². The van der Waals surface area contributed by atoms with Crippen molar-refractivity contribution >= 4 is 27.7 Å². The Kier molecular flexibility index (Phi) is 6.22. The van der Waals surface area contributed by atoms with E-state index in [4.69, 9.17) is 5.26 Å². The molecule has 1 unspecified atom stereocenters. The van der Waals surface area contributed by atoms with Crippen molar-refractivity contribution in [1.29, 1.82) is 5.26 Å². The largest absolute Gasteiger partial charge is 0.387 e. The summed E-state index contributed by atoms with van der Waals surface area (Å²) in [6.07, 6.45) is 1.12. The van der Waals surface area contributed by atoms with Crippen LogP contribution in [0.2, 0.25) is 0 Å². The number of carbonyl (C=O) groups excluding carboxylic acids is 1. The number of alkyl halides is 1. The number of anilines is 1. The molecule has 1 amide bonds. The lowest BCUT2D eigenvalue weighted by molar-refractivity contribution is -0.00177. The molecule has 0 aromatic carbocycles. The number of pyridine rings is 1. The number of fused-ring (bicyclic) bond motifs is 1. The third kappa shape index (κ3) is 4.97. The van der Waals surface area contributed by atoms with Gasteiger partial charge in [0.25, 0.3) is 5.91 Å². The number of nitrogens with zero attached hydrogens (tertiary/aromatic N) is 4. The summed E-state index contributed by atoms with van der Waals surface area (Å²) in [7, 11) is -2.61. The number of aromatic nitrogens is 3. The van der Waals surface area contributed by atoms with Crippen LogP contribution in [0.1, 0.15) is 29.8 Å². The minimum Gasteiger partial charge on any atom is -0.387 e. The van der Waals surface area contributed by atoms with E-state index in [1.165, 1.54) is 26.2 Å². The number of nitriles is 1. The van der Waals surface area contributed by atoms with Gasteiger partial charge in [-0.1, -0.05) is 0 Å². The van der Waals surface area contributed by atoms with Crippen LogP contribution in [0.5, 0.6) is 0 Å². The van der Waals surface area contributed by atoms with Crippen molar-refractivity contribution in [3.05, 3.63) is 47.8 Å². The minimum absolute atomic E-state index is 0.149. The van der Waals surface area contributed by atoms with Gasteiger partial charge in [-0.05, 0) is 38.1 Å². The average Bonchev–Trinajstić information content (AvgIpc) is 3.18. The molecule has 4 heterocycles. The molecular weight excluding hydrogens is 463 g/mol. The molecule has 0 saturated carbocycles. The van der Waals surface area contributed by atoms with Crippen molar-refractivity contribution in [3.8, 4) is 17.5 Å². The second-order valence-electron chi connectivity index (χ2n) is 8.83. The van der Waals surface area contributed by atoms with Crippen LogP contribution in [-0.2, 0) is 0 Å². The molecule has 180 valence electrons. The molecule has 10 nitrogen and oxygen atoms in total. The van der Waals surface area contributed by atoms with E-state index >= 15 is 0 Å². The number of rotatable bonds is 7. The van der Waals surface area contributed by atoms with E-state index in [0.717, 1.165) is 0 Å². The number of hydrogen-bond acceptors (Lipinski definition) is 8. The molecule has 34 heavy (non-hydrogen) atoms. The number of hydrogen-bond donors (Lipinski definition) is 5. The molecule has 4 rings (SSSR count). The summed E-state index contributed by atoms with van der Waals surface area (Å²) in [5.41, 5.74) is 1.16. The van der Waals surface area contributed by atoms with Gasteiger partial charge in [0, 0.05) is 6.20 Å². The number of amides is 1. The first kappa shape index (κ1) is 23.9. The van der Waals surface area contributed by atoms with Gasteiger partial charge in [0.05, 0.1) is 69.6 Å². The SMILES string of the molecule is CC(C)(O)C(F)CNC(=O)c1cnc(-c2ccc3cc(C#N)cnn23)cc1NC1CS(O)(O)C1. The first-order valence-corrected chi connectivity index (χ1v) is 12.4. The maximum Gasteiger partial charge on any atom is 0.255 e. The zero-order chi connectivity index (χ0) is 24.7. The summed E-state index contributed by atoms with van der Waals surface area (Å²) in [4.78, 5) is 17.2. The molecule has 1 aliphatic heterocycles. The Labute approximate surface area is 196 Å². The number of aliphatic hydroxyl groups is 1. The van der Waals surface area contributed by atoms with E-state index < -0.39 is 28.3 Å². The smallest absolute Gasteiger partial charge is 0.255 e. The van der Waals surface area contributed by atoms with E-state index in [0.29, 0.717) is 28.2 Å². The number of nitrogens with one attached hydrogen (secondary N) is 2. The molecule has 1 fully saturated rings. The summed E-state index contributed by atoms with van der Waals surface area (Å²) in [6.45, 7) is 2.25. The first-order valence-electron chi connectivity index (χ1n) is 10.5. The van der Waals surface area contributed by atoms with Gasteiger partial charge in [-0.15, -0.1) is 0 Å². The predicted molar refractivity (Wildman–Crippen MR) is 127 cm³/mol. The van der Waals surface area contributed by atoms with Crippen LogP contribution in [0.4, 0.5) is 10.1 Å². The van der Waals surface area contributed by atoms with Gasteiger partial charge in [0.2, 0.25) is 0 Å². The average molecular weight is 489 g/mol. The summed E-state index contributed by atoms with van der Waals surface area (Å²) in [5, 5.41) is 28.8. The highest BCUT2D eigenvalue weighted by Gasteiger charge is 2.34. The number of carbonyl (C=O) groups is 1. The summed E-state index contributed by atoms with van der Waals surface area (Å²) in [6, 6.07) is 8.69. The van der Waals surface area contributed by atoms with Crippen molar-refractivity contribution in [2.45, 2.75) is 31.7 Å². The molecule has 12 heteroatoms. The van der Waals surface area contributed by atoms with Crippen molar-refractivity contribution in [3.63, 3.8) is 0 Å². The first-order chi connectivity index (χ1) is 16.0. The van der Waals surface area contributed by atoms with Crippen LogP contribution >= 0.6 is 10.6 Å². The predicted octanol–water partition coefficient (Wildman–Crippen LogP) is 2.65. The summed E-state index contributed by atoms with van der Waals surface area (Å²) in [5.74, 6) is -0.274. The molecule has 0 bridgehead atoms. The Morgan fingerprint density at radius 2 is 2.09 bits per heavy atom. The summed E-state index contributed by atoms with van der Waals surface area (Å²) >= 11 is 0. The topological polar surface area (TPSA) is 156 Å². The minimum atomic E-state index is -2.61. The lowest BCUT2D eigenvalue weighted by atomic mass is 10.0. The van der Waals surface area contributed by atoms with Crippen molar-refractivity contribution in [2.75, 3.05) is 23.4 Å². The van der Waals surface area contributed by atoms with Crippen LogP contribution in [-0.4, -0.2) is 70.6 Å². The molecule has 5 N–H and O–H groups in total. The molecule has 0 aliphatic carbocycles. The van der Waals surface area contributed by atoms with Crippen LogP contribution in [0.25, 0.3) is 16.9 Å². The Bertz CT molecular complexity index is 1270. The second-order valence-corrected chi connectivity index (χ2v) is 11.1. The third-order valence-corrected chi connectivity index (χ3v) is 7.42. The Morgan fingerprint density at radius 3 is 2.74 bits per heavy atom. The molecular formula is C22H25FN6O4S. The van der Waals surface area contributed by atoms with Crippen molar-refractivity contribution < 1.29 is 23.4 Å². The van der Waals surface area contributed by atoms with E-state index in [-0.39, 0.29) is 29.7 Å². The maximum absolute atomic E-state index is 14.1. The monoisotopic (exact) mass is 488 g/mol. The van der Waals surface area contributed by atoms with Crippen LogP contribution < -0.4 is 10.6 Å². The molecule has 1 aliphatic rings. The van der Waals surface area contributed by atoms with Crippen molar-refractivity contribution in [2.24, 2.45) is 0 Å². The van der Waals surface area contributed by atoms with Crippen molar-refractivity contribution in [1.82, 2.24) is 19.9 Å². The molecule has 1 saturated heterocycles. The highest BCUT2D eigenvalue weighted by Crippen LogP contribution is 2.49. The third-order valence-electron chi connectivity index (χ3n) is 5.54. The highest BCUT2D eigenvalue weighted by molar-refractivity contribution is 8.25. The van der Waals surface area contributed by atoms with Gasteiger partial charge in [0.1, 0.15) is 12.2 Å². The molecule has 0 spiro atoms. The molecule has 0 radical (unpaired) electrons. The van der Waals surface area contributed by atoms with Crippen LogP contribution in [0.15, 0.2) is 36.7 Å². The quantitative estimate of drug-likeness (QED) is 0.340. The lowest BCUT2D eigenvalue weighted by Crippen LogP contribution is -2.44. The fourth-order valence-corrected chi connectivity index (χ4v) is 4.93. The van der Waals surface area contributed by atoms with Gasteiger partial charge >= 0.3 is 0 Å². The Balaban J connectivity index is 1.65. The molecule has 1 atom stereocenters. The standard InChI is InChI=1S/C22H25FN6O4S/c1-22(2,31)20(23)10-26-21(30)16-9-25-18(6-17(16)28-14-11-34(32,33)12-14)19-4-3-15-5-13(7-24)8-27-29(15)19/h3-6,8-9,14,20,31-33H,10-12H2,1-2H3,(H,25,28)(H,26,30). The normalized spacial score (nSPS) is 17.4. The highest BCUT2D eigenvalue weighted by atomic mass is 32.3.